The Bertz CT molecular complexity index is 924. The minimum atomic E-state index is -3.38. The first-order valence-electron chi connectivity index (χ1n) is 9.18. The minimum absolute atomic E-state index is 0.145. The van der Waals surface area contributed by atoms with E-state index in [0.29, 0.717) is 5.20 Å². The van der Waals surface area contributed by atoms with Crippen molar-refractivity contribution in [2.75, 3.05) is 21.3 Å². The molecule has 0 unspecified atom stereocenters. The molecule has 30 heavy (non-hydrogen) atoms. The molecule has 0 atom stereocenters. The molecule has 0 aliphatic rings. The second-order valence-electron chi connectivity index (χ2n) is 6.41. The molecule has 0 spiro atoms. The van der Waals surface area contributed by atoms with E-state index in [-0.39, 0.29) is 5.20 Å². The zero-order valence-corrected chi connectivity index (χ0v) is 18.4. The zero-order chi connectivity index (χ0) is 22.1. The van der Waals surface area contributed by atoms with E-state index in [2.05, 4.69) is 0 Å². The number of esters is 3. The number of allylic oxidation sites excluding steroid dienone is 1. The van der Waals surface area contributed by atoms with E-state index in [0.717, 1.165) is 16.4 Å². The maximum atomic E-state index is 13.0. The fourth-order valence-corrected chi connectivity index (χ4v) is 8.23. The number of methoxy groups -OCH3 is 3. The Labute approximate surface area is 176 Å². The van der Waals surface area contributed by atoms with E-state index in [1.54, 1.807) is 6.92 Å². The quantitative estimate of drug-likeness (QED) is 0.291. The van der Waals surface area contributed by atoms with Crippen LogP contribution in [0.3, 0.4) is 0 Å². The summed E-state index contributed by atoms with van der Waals surface area (Å²) < 4.78 is 14.7. The normalized spacial score (nSPS) is 12.1. The highest BCUT2D eigenvalue weighted by molar-refractivity contribution is 7.14. The number of ether oxygens (including phenoxy) is 3. The number of benzene rings is 2. The second kappa shape index (κ2) is 10.4. The van der Waals surface area contributed by atoms with Crippen molar-refractivity contribution in [1.82, 2.24) is 0 Å². The summed E-state index contributed by atoms with van der Waals surface area (Å²) in [6.07, 6.45) is 2.52. The molecular weight excluding hydrogens is 400 g/mol. The molecule has 156 valence electrons. The van der Waals surface area contributed by atoms with Gasteiger partial charge >= 0.3 is 17.9 Å². The molecular formula is C23H24O6Si. The molecule has 6 nitrogen and oxygen atoms in total. The lowest BCUT2D eigenvalue weighted by atomic mass is 10.4. The third-order valence-corrected chi connectivity index (χ3v) is 9.70. The van der Waals surface area contributed by atoms with Gasteiger partial charge in [0.1, 0.15) is 0 Å². The topological polar surface area (TPSA) is 78.9 Å². The van der Waals surface area contributed by atoms with Crippen molar-refractivity contribution in [2.45, 2.75) is 6.92 Å². The number of rotatable bonds is 7. The molecule has 0 saturated carbocycles. The highest BCUT2D eigenvalue weighted by atomic mass is 28.3. The third kappa shape index (κ3) is 4.57. The lowest BCUT2D eigenvalue weighted by molar-refractivity contribution is -0.138. The SMILES string of the molecule is COC(=O)/C=C(\C)[Si](/C(=C/C(=O)OC)C(=O)OC)(c1ccccc1)c1ccccc1. The predicted molar refractivity (Wildman–Crippen MR) is 116 cm³/mol. The van der Waals surface area contributed by atoms with Crippen LogP contribution in [0.5, 0.6) is 0 Å². The van der Waals surface area contributed by atoms with Gasteiger partial charge in [-0.3, -0.25) is 0 Å². The van der Waals surface area contributed by atoms with E-state index in [1.165, 1.54) is 27.4 Å². The molecule has 0 aliphatic carbocycles. The van der Waals surface area contributed by atoms with Gasteiger partial charge in [0.05, 0.1) is 21.3 Å². The predicted octanol–water partition coefficient (Wildman–Crippen LogP) is 1.72. The van der Waals surface area contributed by atoms with Crippen LogP contribution in [0.25, 0.3) is 0 Å². The monoisotopic (exact) mass is 424 g/mol. The highest BCUT2D eigenvalue weighted by Crippen LogP contribution is 2.26. The second-order valence-corrected chi connectivity index (χ2v) is 10.4. The van der Waals surface area contributed by atoms with Gasteiger partial charge in [-0.1, -0.05) is 65.9 Å². The Morgan fingerprint density at radius 1 is 0.700 bits per heavy atom. The molecule has 0 N–H and O–H groups in total. The summed E-state index contributed by atoms with van der Waals surface area (Å²) in [4.78, 5) is 37.4. The van der Waals surface area contributed by atoms with Crippen molar-refractivity contribution >= 4 is 36.4 Å². The van der Waals surface area contributed by atoms with Crippen molar-refractivity contribution in [3.63, 3.8) is 0 Å². The summed E-state index contributed by atoms with van der Waals surface area (Å²) in [5.74, 6) is -1.92. The van der Waals surface area contributed by atoms with Gasteiger partial charge in [0.25, 0.3) is 0 Å². The number of carbonyl (C=O) groups is 3. The first-order chi connectivity index (χ1) is 14.4. The van der Waals surface area contributed by atoms with Gasteiger partial charge in [-0.05, 0) is 17.3 Å². The van der Waals surface area contributed by atoms with E-state index < -0.39 is 26.0 Å². The fraction of sp³-hybridized carbons (Fsp3) is 0.174. The average molecular weight is 425 g/mol. The van der Waals surface area contributed by atoms with E-state index in [4.69, 9.17) is 14.2 Å². The Balaban J connectivity index is 3.05. The van der Waals surface area contributed by atoms with Crippen LogP contribution in [-0.2, 0) is 28.6 Å². The van der Waals surface area contributed by atoms with Crippen LogP contribution in [0.1, 0.15) is 6.92 Å². The molecule has 0 aliphatic heterocycles. The molecule has 0 heterocycles. The minimum Gasteiger partial charge on any atom is -0.466 e. The lowest BCUT2D eigenvalue weighted by Gasteiger charge is -2.35. The van der Waals surface area contributed by atoms with Gasteiger partial charge in [-0.2, -0.15) is 0 Å². The van der Waals surface area contributed by atoms with Crippen molar-refractivity contribution < 1.29 is 28.6 Å². The van der Waals surface area contributed by atoms with Crippen LogP contribution < -0.4 is 10.4 Å². The van der Waals surface area contributed by atoms with E-state index in [9.17, 15) is 14.4 Å². The van der Waals surface area contributed by atoms with E-state index in [1.807, 2.05) is 60.7 Å². The Morgan fingerprint density at radius 3 is 1.53 bits per heavy atom. The van der Waals surface area contributed by atoms with Gasteiger partial charge in [0.15, 0.2) is 8.07 Å². The average Bonchev–Trinajstić information content (AvgIpc) is 2.79. The Morgan fingerprint density at radius 2 is 1.13 bits per heavy atom. The smallest absolute Gasteiger partial charge is 0.331 e. The standard InChI is InChI=1S/C23H24O6Si/c1-17(15-21(24)27-2)30(18-11-7-5-8-12-18,19-13-9-6-10-14-19)20(23(26)29-4)16-22(25)28-3/h5-16H,1-4H3/b17-15+,20-16+. The number of hydrogen-bond donors (Lipinski definition) is 0. The summed E-state index contributed by atoms with van der Waals surface area (Å²) in [6, 6.07) is 18.6. The van der Waals surface area contributed by atoms with Crippen LogP contribution in [0.4, 0.5) is 0 Å². The van der Waals surface area contributed by atoms with Gasteiger partial charge in [-0.25, -0.2) is 14.4 Å². The van der Waals surface area contributed by atoms with E-state index >= 15 is 0 Å². The van der Waals surface area contributed by atoms with Gasteiger partial charge in [0, 0.05) is 17.3 Å². The van der Waals surface area contributed by atoms with Gasteiger partial charge in [0.2, 0.25) is 0 Å². The Kier molecular flexibility index (Phi) is 7.88. The number of hydrogen-bond acceptors (Lipinski definition) is 6. The first kappa shape index (κ1) is 22.8. The van der Waals surface area contributed by atoms with Crippen LogP contribution in [-0.4, -0.2) is 47.3 Å². The maximum Gasteiger partial charge on any atom is 0.331 e. The van der Waals surface area contributed by atoms with Crippen molar-refractivity contribution in [3.8, 4) is 0 Å². The maximum absolute atomic E-state index is 13.0. The highest BCUT2D eigenvalue weighted by Gasteiger charge is 2.47. The molecule has 0 bridgehead atoms. The molecule has 2 aromatic carbocycles. The summed E-state index contributed by atoms with van der Waals surface area (Å²) in [5, 5.41) is 2.35. The molecule has 0 radical (unpaired) electrons. The fourth-order valence-electron chi connectivity index (χ4n) is 3.47. The third-order valence-electron chi connectivity index (χ3n) is 4.81. The molecule has 0 fully saturated rings. The van der Waals surface area contributed by atoms with Crippen LogP contribution in [0.15, 0.2) is 83.2 Å². The molecule has 0 saturated heterocycles. The van der Waals surface area contributed by atoms with Crippen LogP contribution >= 0.6 is 0 Å². The van der Waals surface area contributed by atoms with Crippen molar-refractivity contribution in [1.29, 1.82) is 0 Å². The summed E-state index contributed by atoms with van der Waals surface area (Å²) in [5.41, 5.74) is 0. The summed E-state index contributed by atoms with van der Waals surface area (Å²) >= 11 is 0. The van der Waals surface area contributed by atoms with Crippen molar-refractivity contribution in [2.24, 2.45) is 0 Å². The van der Waals surface area contributed by atoms with Gasteiger partial charge < -0.3 is 14.2 Å². The molecule has 2 rings (SSSR count). The van der Waals surface area contributed by atoms with Crippen LogP contribution in [0.2, 0.25) is 0 Å². The largest absolute Gasteiger partial charge is 0.466 e. The van der Waals surface area contributed by atoms with Crippen LogP contribution in [0, 0.1) is 0 Å². The zero-order valence-electron chi connectivity index (χ0n) is 17.4. The molecule has 0 aromatic heterocycles. The molecule has 0 amide bonds. The molecule has 7 heteroatoms. The van der Waals surface area contributed by atoms with Gasteiger partial charge in [-0.15, -0.1) is 0 Å². The van der Waals surface area contributed by atoms with Crippen molar-refractivity contribution in [3.05, 3.63) is 83.2 Å². The lowest BCUT2D eigenvalue weighted by Crippen LogP contribution is -2.63. The summed E-state index contributed by atoms with van der Waals surface area (Å²) in [7, 11) is 0.394. The summed E-state index contributed by atoms with van der Waals surface area (Å²) in [6.45, 7) is 1.76. The number of carbonyl (C=O) groups excluding carboxylic acids is 3. The first-order valence-corrected chi connectivity index (χ1v) is 11.2. The Hall–Kier alpha value is -3.45. The molecule has 2 aromatic rings.